The quantitative estimate of drug-likeness (QED) is 0.515. The number of nitrogens with zero attached hydrogens (tertiary/aromatic N) is 1. The number of nitro groups is 1. The van der Waals surface area contributed by atoms with E-state index in [9.17, 15) is 15.2 Å². The molecule has 5 heteroatoms. The molecule has 1 aromatic carbocycles. The first-order chi connectivity index (χ1) is 6.68. The molecule has 0 bridgehead atoms. The van der Waals surface area contributed by atoms with Gasteiger partial charge in [-0.1, -0.05) is 0 Å². The van der Waals surface area contributed by atoms with E-state index in [-0.39, 0.29) is 11.4 Å². The van der Waals surface area contributed by atoms with Crippen molar-refractivity contribution >= 4 is 5.69 Å². The summed E-state index contributed by atoms with van der Waals surface area (Å²) in [6.07, 6.45) is 0.774. The van der Waals surface area contributed by atoms with E-state index in [2.05, 4.69) is 5.32 Å². The molecule has 5 nitrogen and oxygen atoms in total. The minimum atomic E-state index is -0.558. The second kappa shape index (κ2) is 3.26. The number of phenolic OH excluding ortho intramolecular Hbond substituents is 1. The first-order valence-corrected chi connectivity index (χ1v) is 4.38. The number of hydrogen-bond donors (Lipinski definition) is 2. The van der Waals surface area contributed by atoms with Crippen LogP contribution >= 0.6 is 0 Å². The van der Waals surface area contributed by atoms with Gasteiger partial charge < -0.3 is 10.4 Å². The van der Waals surface area contributed by atoms with Gasteiger partial charge in [0, 0.05) is 12.6 Å². The van der Waals surface area contributed by atoms with Crippen molar-refractivity contribution in [3.8, 4) is 5.75 Å². The number of hydrogen-bond acceptors (Lipinski definition) is 4. The van der Waals surface area contributed by atoms with Crippen LogP contribution in [0.4, 0.5) is 5.69 Å². The van der Waals surface area contributed by atoms with E-state index in [0.29, 0.717) is 6.54 Å². The molecule has 0 atom stereocenters. The van der Waals surface area contributed by atoms with Crippen molar-refractivity contribution in [2.45, 2.75) is 13.0 Å². The van der Waals surface area contributed by atoms with Crippen molar-refractivity contribution in [2.24, 2.45) is 0 Å². The average molecular weight is 194 g/mol. The van der Waals surface area contributed by atoms with Crippen molar-refractivity contribution in [3.05, 3.63) is 33.4 Å². The van der Waals surface area contributed by atoms with Crippen molar-refractivity contribution in [2.75, 3.05) is 6.54 Å². The summed E-state index contributed by atoms with van der Waals surface area (Å²) < 4.78 is 0. The van der Waals surface area contributed by atoms with Crippen LogP contribution in [0.25, 0.3) is 0 Å². The summed E-state index contributed by atoms with van der Waals surface area (Å²) in [5, 5.41) is 23.0. The highest BCUT2D eigenvalue weighted by Gasteiger charge is 2.18. The Kier molecular flexibility index (Phi) is 2.09. The number of fused-ring (bicyclic) bond motifs is 1. The molecule has 1 heterocycles. The zero-order valence-corrected chi connectivity index (χ0v) is 7.49. The summed E-state index contributed by atoms with van der Waals surface area (Å²) in [5.74, 6) is -0.252. The third-order valence-electron chi connectivity index (χ3n) is 2.38. The zero-order valence-electron chi connectivity index (χ0n) is 7.49. The molecule has 0 aromatic heterocycles. The van der Waals surface area contributed by atoms with E-state index in [1.54, 1.807) is 0 Å². The van der Waals surface area contributed by atoms with E-state index >= 15 is 0 Å². The Bertz CT molecular complexity index is 390. The SMILES string of the molecule is O=[N+]([O-])c1cc2c(cc1O)CNCC2. The fourth-order valence-electron chi connectivity index (χ4n) is 1.65. The van der Waals surface area contributed by atoms with Gasteiger partial charge in [0.25, 0.3) is 0 Å². The van der Waals surface area contributed by atoms with Crippen LogP contribution in [0.5, 0.6) is 5.75 Å². The van der Waals surface area contributed by atoms with Gasteiger partial charge in [0.15, 0.2) is 5.75 Å². The van der Waals surface area contributed by atoms with E-state index < -0.39 is 4.92 Å². The summed E-state index contributed by atoms with van der Waals surface area (Å²) in [5.41, 5.74) is 1.69. The van der Waals surface area contributed by atoms with Crippen LogP contribution in [0.3, 0.4) is 0 Å². The molecule has 0 radical (unpaired) electrons. The molecule has 0 saturated heterocycles. The highest BCUT2D eigenvalue weighted by molar-refractivity contribution is 5.51. The monoisotopic (exact) mass is 194 g/mol. The second-order valence-corrected chi connectivity index (χ2v) is 3.29. The Morgan fingerprint density at radius 1 is 1.43 bits per heavy atom. The Hall–Kier alpha value is -1.62. The third-order valence-corrected chi connectivity index (χ3v) is 2.38. The lowest BCUT2D eigenvalue weighted by Crippen LogP contribution is -2.23. The van der Waals surface area contributed by atoms with E-state index in [1.165, 1.54) is 12.1 Å². The van der Waals surface area contributed by atoms with E-state index in [4.69, 9.17) is 0 Å². The molecule has 0 spiro atoms. The van der Waals surface area contributed by atoms with Crippen LogP contribution in [0.2, 0.25) is 0 Å². The molecule has 2 N–H and O–H groups in total. The lowest BCUT2D eigenvalue weighted by Gasteiger charge is -2.16. The van der Waals surface area contributed by atoms with Crippen LogP contribution in [-0.2, 0) is 13.0 Å². The number of benzene rings is 1. The van der Waals surface area contributed by atoms with Gasteiger partial charge in [-0.2, -0.15) is 0 Å². The van der Waals surface area contributed by atoms with Gasteiger partial charge in [0.05, 0.1) is 4.92 Å². The van der Waals surface area contributed by atoms with E-state index in [1.807, 2.05) is 0 Å². The largest absolute Gasteiger partial charge is 0.502 e. The Labute approximate surface area is 80.5 Å². The molecule has 14 heavy (non-hydrogen) atoms. The first-order valence-electron chi connectivity index (χ1n) is 4.38. The molecular weight excluding hydrogens is 184 g/mol. The Morgan fingerprint density at radius 3 is 2.93 bits per heavy atom. The van der Waals surface area contributed by atoms with Gasteiger partial charge in [-0.25, -0.2) is 0 Å². The number of nitro benzene ring substituents is 1. The number of nitrogens with one attached hydrogen (secondary N) is 1. The van der Waals surface area contributed by atoms with Crippen molar-refractivity contribution in [3.63, 3.8) is 0 Å². The van der Waals surface area contributed by atoms with Gasteiger partial charge in [-0.15, -0.1) is 0 Å². The molecule has 0 amide bonds. The van der Waals surface area contributed by atoms with Gasteiger partial charge >= 0.3 is 5.69 Å². The molecule has 2 rings (SSSR count). The van der Waals surface area contributed by atoms with Gasteiger partial charge in [0.2, 0.25) is 0 Å². The summed E-state index contributed by atoms with van der Waals surface area (Å²) in [7, 11) is 0. The minimum absolute atomic E-state index is 0.203. The summed E-state index contributed by atoms with van der Waals surface area (Å²) in [4.78, 5) is 9.98. The predicted molar refractivity (Wildman–Crippen MR) is 50.2 cm³/mol. The fourth-order valence-corrected chi connectivity index (χ4v) is 1.65. The molecule has 1 aromatic rings. The number of rotatable bonds is 1. The first kappa shape index (κ1) is 8.96. The topological polar surface area (TPSA) is 75.4 Å². The lowest BCUT2D eigenvalue weighted by molar-refractivity contribution is -0.385. The lowest BCUT2D eigenvalue weighted by atomic mass is 10.00. The molecule has 0 unspecified atom stereocenters. The maximum Gasteiger partial charge on any atom is 0.310 e. The highest BCUT2D eigenvalue weighted by Crippen LogP contribution is 2.30. The summed E-state index contributed by atoms with van der Waals surface area (Å²) in [6.45, 7) is 1.50. The van der Waals surface area contributed by atoms with Crippen LogP contribution in [0.1, 0.15) is 11.1 Å². The average Bonchev–Trinajstić information content (AvgIpc) is 2.16. The van der Waals surface area contributed by atoms with E-state index in [0.717, 1.165) is 24.1 Å². The smallest absolute Gasteiger partial charge is 0.310 e. The summed E-state index contributed by atoms with van der Waals surface area (Å²) >= 11 is 0. The number of phenols is 1. The third kappa shape index (κ3) is 1.42. The number of aromatic hydroxyl groups is 1. The normalized spacial score (nSPS) is 14.9. The molecule has 1 aliphatic heterocycles. The molecule has 0 fully saturated rings. The van der Waals surface area contributed by atoms with Crippen LogP contribution in [0, 0.1) is 10.1 Å². The van der Waals surface area contributed by atoms with Gasteiger partial charge in [-0.3, -0.25) is 10.1 Å². The molecule has 0 aliphatic carbocycles. The molecule has 0 saturated carbocycles. The predicted octanol–water partition coefficient (Wildman–Crippen LogP) is 0.946. The highest BCUT2D eigenvalue weighted by atomic mass is 16.6. The molecule has 1 aliphatic rings. The fraction of sp³-hybridized carbons (Fsp3) is 0.333. The second-order valence-electron chi connectivity index (χ2n) is 3.29. The minimum Gasteiger partial charge on any atom is -0.502 e. The van der Waals surface area contributed by atoms with Crippen LogP contribution in [-0.4, -0.2) is 16.6 Å². The molecule has 74 valence electrons. The maximum absolute atomic E-state index is 10.5. The molecular formula is C9H10N2O3. The Morgan fingerprint density at radius 2 is 2.21 bits per heavy atom. The van der Waals surface area contributed by atoms with Crippen LogP contribution in [0.15, 0.2) is 12.1 Å². The van der Waals surface area contributed by atoms with Crippen molar-refractivity contribution < 1.29 is 10.0 Å². The maximum atomic E-state index is 10.5. The van der Waals surface area contributed by atoms with Crippen molar-refractivity contribution in [1.82, 2.24) is 5.32 Å². The van der Waals surface area contributed by atoms with Gasteiger partial charge in [0.1, 0.15) is 0 Å². The summed E-state index contributed by atoms with van der Waals surface area (Å²) in [6, 6.07) is 2.94. The van der Waals surface area contributed by atoms with Crippen molar-refractivity contribution in [1.29, 1.82) is 0 Å². The van der Waals surface area contributed by atoms with Gasteiger partial charge in [-0.05, 0) is 30.2 Å². The standard InChI is InChI=1S/C9H10N2O3/c12-9-4-7-5-10-2-1-6(7)3-8(9)11(13)14/h3-4,10,12H,1-2,5H2. The zero-order chi connectivity index (χ0) is 10.1. The Balaban J connectivity index is 2.50. The van der Waals surface area contributed by atoms with Crippen LogP contribution < -0.4 is 5.32 Å².